The zero-order valence-electron chi connectivity index (χ0n) is 12.4. The number of hydrogen-bond donors (Lipinski definition) is 1. The summed E-state index contributed by atoms with van der Waals surface area (Å²) in [5.74, 6) is 1.03. The van der Waals surface area contributed by atoms with Gasteiger partial charge in [0.2, 0.25) is 0 Å². The van der Waals surface area contributed by atoms with Crippen molar-refractivity contribution in [2.24, 2.45) is 5.92 Å². The molecule has 1 heterocycles. The van der Waals surface area contributed by atoms with Crippen LogP contribution in [0.15, 0.2) is 18.3 Å². The molecule has 1 aromatic heterocycles. The molecular weight excluding hydrogens is 252 g/mol. The zero-order chi connectivity index (χ0) is 14.4. The quantitative estimate of drug-likeness (QED) is 0.834. The highest BCUT2D eigenvalue weighted by atomic mass is 16.5. The minimum Gasteiger partial charge on any atom is -0.462 e. The molecule has 4 nitrogen and oxygen atoms in total. The molecule has 2 atom stereocenters. The second-order valence-corrected chi connectivity index (χ2v) is 5.32. The first-order valence-electron chi connectivity index (χ1n) is 7.65. The van der Waals surface area contributed by atoms with Crippen molar-refractivity contribution in [3.63, 3.8) is 0 Å². The first-order valence-corrected chi connectivity index (χ1v) is 7.65. The van der Waals surface area contributed by atoms with Gasteiger partial charge in [0.25, 0.3) is 0 Å². The van der Waals surface area contributed by atoms with E-state index in [2.05, 4.69) is 17.2 Å². The lowest BCUT2D eigenvalue weighted by molar-refractivity contribution is 0.0527. The molecule has 1 aliphatic rings. The summed E-state index contributed by atoms with van der Waals surface area (Å²) < 4.78 is 5.09. The van der Waals surface area contributed by atoms with Crippen molar-refractivity contribution in [3.8, 4) is 0 Å². The molecule has 0 spiro atoms. The van der Waals surface area contributed by atoms with E-state index in [9.17, 15) is 4.79 Å². The largest absolute Gasteiger partial charge is 0.462 e. The highest BCUT2D eigenvalue weighted by molar-refractivity contribution is 5.94. The topological polar surface area (TPSA) is 51.2 Å². The van der Waals surface area contributed by atoms with Gasteiger partial charge in [0.05, 0.1) is 6.61 Å². The molecule has 0 amide bonds. The molecule has 1 saturated carbocycles. The molecule has 1 fully saturated rings. The van der Waals surface area contributed by atoms with Gasteiger partial charge >= 0.3 is 5.97 Å². The second kappa shape index (κ2) is 7.27. The molecule has 0 aliphatic heterocycles. The molecule has 4 heteroatoms. The Morgan fingerprint density at radius 2 is 2.20 bits per heavy atom. The van der Waals surface area contributed by atoms with Crippen LogP contribution >= 0.6 is 0 Å². The number of aromatic nitrogens is 1. The van der Waals surface area contributed by atoms with Gasteiger partial charge in [0.15, 0.2) is 0 Å². The van der Waals surface area contributed by atoms with E-state index in [4.69, 9.17) is 4.74 Å². The maximum atomic E-state index is 12.0. The van der Waals surface area contributed by atoms with E-state index >= 15 is 0 Å². The number of ether oxygens (including phenoxy) is 1. The zero-order valence-corrected chi connectivity index (χ0v) is 12.4. The number of nitrogens with zero attached hydrogens (tertiary/aromatic N) is 1. The number of hydrogen-bond acceptors (Lipinski definition) is 4. The Labute approximate surface area is 120 Å². The fourth-order valence-corrected chi connectivity index (χ4v) is 2.96. The molecule has 0 aromatic carbocycles. The van der Waals surface area contributed by atoms with Gasteiger partial charge in [0.1, 0.15) is 11.4 Å². The van der Waals surface area contributed by atoms with Crippen molar-refractivity contribution >= 4 is 11.8 Å². The Morgan fingerprint density at radius 3 is 2.95 bits per heavy atom. The van der Waals surface area contributed by atoms with Gasteiger partial charge in [-0.05, 0) is 37.8 Å². The van der Waals surface area contributed by atoms with Crippen molar-refractivity contribution in [2.45, 2.75) is 52.0 Å². The van der Waals surface area contributed by atoms with E-state index in [1.807, 2.05) is 6.92 Å². The van der Waals surface area contributed by atoms with Crippen LogP contribution in [-0.2, 0) is 4.74 Å². The van der Waals surface area contributed by atoms with Crippen LogP contribution in [0.5, 0.6) is 0 Å². The maximum Gasteiger partial charge on any atom is 0.341 e. The van der Waals surface area contributed by atoms with E-state index in [1.54, 1.807) is 18.3 Å². The second-order valence-electron chi connectivity index (χ2n) is 5.32. The molecule has 2 unspecified atom stereocenters. The summed E-state index contributed by atoms with van der Waals surface area (Å²) >= 11 is 0. The Kier molecular flexibility index (Phi) is 5.39. The lowest BCUT2D eigenvalue weighted by Crippen LogP contribution is -2.32. The van der Waals surface area contributed by atoms with Gasteiger partial charge in [-0.25, -0.2) is 9.78 Å². The third-order valence-corrected chi connectivity index (χ3v) is 4.06. The van der Waals surface area contributed by atoms with Crippen molar-refractivity contribution in [1.29, 1.82) is 0 Å². The van der Waals surface area contributed by atoms with E-state index in [-0.39, 0.29) is 5.97 Å². The predicted molar refractivity (Wildman–Crippen MR) is 79.9 cm³/mol. The van der Waals surface area contributed by atoms with Crippen molar-refractivity contribution in [3.05, 3.63) is 23.9 Å². The number of nitrogens with one attached hydrogen (secondary N) is 1. The van der Waals surface area contributed by atoms with Crippen LogP contribution in [0.25, 0.3) is 0 Å². The minimum atomic E-state index is -0.299. The van der Waals surface area contributed by atoms with E-state index in [1.165, 1.54) is 25.7 Å². The van der Waals surface area contributed by atoms with Crippen molar-refractivity contribution < 1.29 is 9.53 Å². The van der Waals surface area contributed by atoms with Gasteiger partial charge in [-0.15, -0.1) is 0 Å². The average molecular weight is 276 g/mol. The van der Waals surface area contributed by atoms with E-state index in [0.29, 0.717) is 29.9 Å². The first-order chi connectivity index (χ1) is 9.76. The molecule has 1 aromatic rings. The summed E-state index contributed by atoms with van der Waals surface area (Å²) in [5, 5.41) is 3.48. The van der Waals surface area contributed by atoms with Gasteiger partial charge < -0.3 is 10.1 Å². The van der Waals surface area contributed by atoms with Crippen molar-refractivity contribution in [2.75, 3.05) is 11.9 Å². The molecule has 0 saturated heterocycles. The fourth-order valence-electron chi connectivity index (χ4n) is 2.96. The fraction of sp³-hybridized carbons (Fsp3) is 0.625. The Balaban J connectivity index is 2.13. The Hall–Kier alpha value is -1.58. The third-order valence-electron chi connectivity index (χ3n) is 4.06. The molecule has 1 N–H and O–H groups in total. The number of rotatable bonds is 5. The van der Waals surface area contributed by atoms with Gasteiger partial charge in [-0.1, -0.05) is 26.2 Å². The summed E-state index contributed by atoms with van der Waals surface area (Å²) in [6, 6.07) is 3.96. The van der Waals surface area contributed by atoms with Gasteiger partial charge in [0, 0.05) is 12.2 Å². The highest BCUT2D eigenvalue weighted by Crippen LogP contribution is 2.29. The average Bonchev–Trinajstić information content (AvgIpc) is 2.48. The van der Waals surface area contributed by atoms with Gasteiger partial charge in [-0.2, -0.15) is 0 Å². The van der Waals surface area contributed by atoms with Crippen LogP contribution in [0, 0.1) is 5.92 Å². The number of anilines is 1. The van der Waals surface area contributed by atoms with Crippen molar-refractivity contribution in [1.82, 2.24) is 4.98 Å². The summed E-state index contributed by atoms with van der Waals surface area (Å²) in [4.78, 5) is 16.3. The first kappa shape index (κ1) is 14.8. The third kappa shape index (κ3) is 3.50. The Bertz CT molecular complexity index is 448. The molecule has 20 heavy (non-hydrogen) atoms. The summed E-state index contributed by atoms with van der Waals surface area (Å²) in [6.07, 6.45) is 7.85. The molecule has 0 radical (unpaired) electrons. The number of pyridine rings is 1. The lowest BCUT2D eigenvalue weighted by Gasteiger charge is -2.32. The SMILES string of the molecule is CCOC(=O)c1cccnc1NC1CCCCC1CC. The molecule has 110 valence electrons. The lowest BCUT2D eigenvalue weighted by atomic mass is 9.83. The summed E-state index contributed by atoms with van der Waals surface area (Å²) in [5.41, 5.74) is 0.537. The normalized spacial score (nSPS) is 22.3. The van der Waals surface area contributed by atoms with E-state index < -0.39 is 0 Å². The summed E-state index contributed by atoms with van der Waals surface area (Å²) in [7, 11) is 0. The van der Waals surface area contributed by atoms with Crippen LogP contribution < -0.4 is 5.32 Å². The number of carbonyl (C=O) groups is 1. The maximum absolute atomic E-state index is 12.0. The van der Waals surface area contributed by atoms with Crippen LogP contribution in [0.4, 0.5) is 5.82 Å². The monoisotopic (exact) mass is 276 g/mol. The smallest absolute Gasteiger partial charge is 0.341 e. The molecule has 1 aliphatic carbocycles. The van der Waals surface area contributed by atoms with Crippen LogP contribution in [0.1, 0.15) is 56.3 Å². The molecule has 2 rings (SSSR count). The number of esters is 1. The highest BCUT2D eigenvalue weighted by Gasteiger charge is 2.25. The Morgan fingerprint density at radius 1 is 1.40 bits per heavy atom. The predicted octanol–water partition coefficient (Wildman–Crippen LogP) is 3.64. The van der Waals surface area contributed by atoms with Crippen LogP contribution in [0.3, 0.4) is 0 Å². The summed E-state index contributed by atoms with van der Waals surface area (Å²) in [6.45, 7) is 4.43. The van der Waals surface area contributed by atoms with Crippen LogP contribution in [-0.4, -0.2) is 23.6 Å². The van der Waals surface area contributed by atoms with Crippen LogP contribution in [0.2, 0.25) is 0 Å². The van der Waals surface area contributed by atoms with Gasteiger partial charge in [-0.3, -0.25) is 0 Å². The minimum absolute atomic E-state index is 0.299. The van der Waals surface area contributed by atoms with E-state index in [0.717, 1.165) is 6.42 Å². The number of carbonyl (C=O) groups excluding carboxylic acids is 1. The molecule has 0 bridgehead atoms. The standard InChI is InChI=1S/C16H24N2O2/c1-3-12-8-5-6-10-14(12)18-15-13(9-7-11-17-15)16(19)20-4-2/h7,9,11-12,14H,3-6,8,10H2,1-2H3,(H,17,18). The molecular formula is C16H24N2O2.